The summed E-state index contributed by atoms with van der Waals surface area (Å²) in [5.74, 6) is 0.526. The smallest absolute Gasteiger partial charge is 0.410 e. The Bertz CT molecular complexity index is 534. The molecule has 18 heavy (non-hydrogen) atoms. The Morgan fingerprint density at radius 1 is 1.39 bits per heavy atom. The number of aryl methyl sites for hydroxylation is 2. The van der Waals surface area contributed by atoms with Crippen molar-refractivity contribution in [1.29, 1.82) is 0 Å². The van der Waals surface area contributed by atoms with Gasteiger partial charge in [0.15, 0.2) is 0 Å². The summed E-state index contributed by atoms with van der Waals surface area (Å²) in [6.07, 6.45) is 1.41. The first-order valence-corrected chi connectivity index (χ1v) is 5.65. The number of rotatable bonds is 3. The van der Waals surface area contributed by atoms with Crippen LogP contribution in [-0.4, -0.2) is 15.9 Å². The van der Waals surface area contributed by atoms with Crippen LogP contribution in [0.2, 0.25) is 0 Å². The topological polar surface area (TPSA) is 56.2 Å². The summed E-state index contributed by atoms with van der Waals surface area (Å²) in [7, 11) is 1.85. The van der Waals surface area contributed by atoms with Crippen molar-refractivity contribution in [3.8, 4) is 5.75 Å². The number of para-hydroxylation sites is 1. The highest BCUT2D eigenvalue weighted by atomic mass is 16.5. The molecule has 0 aliphatic rings. The number of aromatic nitrogens is 2. The SMILES string of the molecule is Cc1nn(C)cc1CNC(=O)Oc1ccccc1. The number of benzene rings is 1. The Morgan fingerprint density at radius 3 is 2.72 bits per heavy atom. The normalized spacial score (nSPS) is 10.1. The Labute approximate surface area is 105 Å². The molecule has 0 saturated carbocycles. The maximum absolute atomic E-state index is 11.5. The fourth-order valence-corrected chi connectivity index (χ4v) is 1.62. The molecule has 0 fully saturated rings. The van der Waals surface area contributed by atoms with Crippen molar-refractivity contribution < 1.29 is 9.53 Å². The number of carbonyl (C=O) groups excluding carboxylic acids is 1. The van der Waals surface area contributed by atoms with Crippen LogP contribution in [0.4, 0.5) is 4.79 Å². The number of amides is 1. The highest BCUT2D eigenvalue weighted by Crippen LogP contribution is 2.09. The predicted octanol–water partition coefficient (Wildman–Crippen LogP) is 2.02. The summed E-state index contributed by atoms with van der Waals surface area (Å²) in [5.41, 5.74) is 1.88. The molecule has 2 aromatic rings. The average Bonchev–Trinajstić information content (AvgIpc) is 2.66. The fraction of sp³-hybridized carbons (Fsp3) is 0.231. The zero-order valence-corrected chi connectivity index (χ0v) is 10.4. The van der Waals surface area contributed by atoms with Crippen LogP contribution in [0.3, 0.4) is 0 Å². The van der Waals surface area contributed by atoms with Gasteiger partial charge in [-0.05, 0) is 19.1 Å². The lowest BCUT2D eigenvalue weighted by atomic mass is 10.3. The summed E-state index contributed by atoms with van der Waals surface area (Å²) in [5, 5.41) is 6.88. The summed E-state index contributed by atoms with van der Waals surface area (Å²) in [6.45, 7) is 2.31. The van der Waals surface area contributed by atoms with E-state index in [4.69, 9.17) is 4.74 Å². The first-order valence-electron chi connectivity index (χ1n) is 5.65. The number of nitrogens with one attached hydrogen (secondary N) is 1. The van der Waals surface area contributed by atoms with Gasteiger partial charge in [-0.1, -0.05) is 18.2 Å². The number of ether oxygens (including phenoxy) is 1. The molecule has 0 unspecified atom stereocenters. The largest absolute Gasteiger partial charge is 0.412 e. The van der Waals surface area contributed by atoms with Gasteiger partial charge < -0.3 is 10.1 Å². The monoisotopic (exact) mass is 245 g/mol. The Hall–Kier alpha value is -2.30. The molecule has 1 amide bonds. The van der Waals surface area contributed by atoms with E-state index in [0.29, 0.717) is 12.3 Å². The van der Waals surface area contributed by atoms with Crippen LogP contribution in [0.5, 0.6) is 5.75 Å². The van der Waals surface area contributed by atoms with Gasteiger partial charge in [0.1, 0.15) is 5.75 Å². The molecule has 0 spiro atoms. The van der Waals surface area contributed by atoms with Crippen molar-refractivity contribution in [1.82, 2.24) is 15.1 Å². The van der Waals surface area contributed by atoms with E-state index in [-0.39, 0.29) is 0 Å². The Morgan fingerprint density at radius 2 is 2.11 bits per heavy atom. The quantitative estimate of drug-likeness (QED) is 0.900. The van der Waals surface area contributed by atoms with Crippen molar-refractivity contribution in [3.63, 3.8) is 0 Å². The summed E-state index contributed by atoms with van der Waals surface area (Å²) < 4.78 is 6.82. The maximum Gasteiger partial charge on any atom is 0.412 e. The van der Waals surface area contributed by atoms with E-state index < -0.39 is 6.09 Å². The van der Waals surface area contributed by atoms with Crippen LogP contribution >= 0.6 is 0 Å². The minimum Gasteiger partial charge on any atom is -0.410 e. The van der Waals surface area contributed by atoms with Gasteiger partial charge in [0.2, 0.25) is 0 Å². The molecule has 5 nitrogen and oxygen atoms in total. The highest BCUT2D eigenvalue weighted by Gasteiger charge is 2.07. The maximum atomic E-state index is 11.5. The third-order valence-electron chi connectivity index (χ3n) is 2.49. The molecule has 1 N–H and O–H groups in total. The molecule has 2 rings (SSSR count). The zero-order chi connectivity index (χ0) is 13.0. The van der Waals surface area contributed by atoms with E-state index >= 15 is 0 Å². The van der Waals surface area contributed by atoms with Crippen molar-refractivity contribution in [2.75, 3.05) is 0 Å². The van der Waals surface area contributed by atoms with E-state index in [9.17, 15) is 4.79 Å². The van der Waals surface area contributed by atoms with E-state index in [1.54, 1.807) is 16.8 Å². The molecule has 1 aromatic carbocycles. The molecular formula is C13H15N3O2. The van der Waals surface area contributed by atoms with Gasteiger partial charge in [-0.15, -0.1) is 0 Å². The third kappa shape index (κ3) is 3.10. The lowest BCUT2D eigenvalue weighted by molar-refractivity contribution is 0.200. The summed E-state index contributed by atoms with van der Waals surface area (Å²) in [4.78, 5) is 11.5. The Balaban J connectivity index is 1.87. The second-order valence-electron chi connectivity index (χ2n) is 3.97. The Kier molecular flexibility index (Phi) is 3.62. The van der Waals surface area contributed by atoms with E-state index in [0.717, 1.165) is 11.3 Å². The molecule has 0 radical (unpaired) electrons. The molecule has 5 heteroatoms. The van der Waals surface area contributed by atoms with Gasteiger partial charge in [0.05, 0.1) is 5.69 Å². The van der Waals surface area contributed by atoms with Crippen LogP contribution in [0.25, 0.3) is 0 Å². The molecule has 0 bridgehead atoms. The molecule has 1 heterocycles. The van der Waals surface area contributed by atoms with E-state index in [1.807, 2.05) is 38.4 Å². The molecule has 0 atom stereocenters. The molecular weight excluding hydrogens is 230 g/mol. The van der Waals surface area contributed by atoms with Crippen LogP contribution in [0.1, 0.15) is 11.3 Å². The van der Waals surface area contributed by atoms with E-state index in [1.165, 1.54) is 0 Å². The average molecular weight is 245 g/mol. The van der Waals surface area contributed by atoms with Gasteiger partial charge in [-0.25, -0.2) is 4.79 Å². The predicted molar refractivity (Wildman–Crippen MR) is 67.3 cm³/mol. The summed E-state index contributed by atoms with van der Waals surface area (Å²) >= 11 is 0. The van der Waals surface area contributed by atoms with Gasteiger partial charge in [-0.2, -0.15) is 5.10 Å². The minimum atomic E-state index is -0.468. The van der Waals surface area contributed by atoms with Gasteiger partial charge in [0.25, 0.3) is 0 Å². The lowest BCUT2D eigenvalue weighted by Crippen LogP contribution is -2.26. The number of hydrogen-bond donors (Lipinski definition) is 1. The standard InChI is InChI=1S/C13H15N3O2/c1-10-11(9-16(2)15-10)8-14-13(17)18-12-6-4-3-5-7-12/h3-7,9H,8H2,1-2H3,(H,14,17). The van der Waals surface area contributed by atoms with Gasteiger partial charge in [-0.3, -0.25) is 4.68 Å². The van der Waals surface area contributed by atoms with Crippen molar-refractivity contribution in [2.24, 2.45) is 7.05 Å². The fourth-order valence-electron chi connectivity index (χ4n) is 1.62. The lowest BCUT2D eigenvalue weighted by Gasteiger charge is -2.05. The number of hydrogen-bond acceptors (Lipinski definition) is 3. The van der Waals surface area contributed by atoms with Crippen LogP contribution in [-0.2, 0) is 13.6 Å². The molecule has 0 saturated heterocycles. The molecule has 1 aromatic heterocycles. The van der Waals surface area contributed by atoms with Crippen LogP contribution < -0.4 is 10.1 Å². The first-order chi connectivity index (χ1) is 8.65. The van der Waals surface area contributed by atoms with Gasteiger partial charge in [0, 0.05) is 25.4 Å². The van der Waals surface area contributed by atoms with E-state index in [2.05, 4.69) is 10.4 Å². The molecule has 0 aliphatic carbocycles. The molecule has 0 aliphatic heterocycles. The van der Waals surface area contributed by atoms with Gasteiger partial charge >= 0.3 is 6.09 Å². The second-order valence-corrected chi connectivity index (χ2v) is 3.97. The van der Waals surface area contributed by atoms with Crippen molar-refractivity contribution in [3.05, 3.63) is 47.8 Å². The van der Waals surface area contributed by atoms with Crippen LogP contribution in [0.15, 0.2) is 36.5 Å². The number of nitrogens with zero attached hydrogens (tertiary/aromatic N) is 2. The first kappa shape index (κ1) is 12.2. The van der Waals surface area contributed by atoms with Crippen molar-refractivity contribution in [2.45, 2.75) is 13.5 Å². The highest BCUT2D eigenvalue weighted by molar-refractivity contribution is 5.70. The minimum absolute atomic E-state index is 0.408. The van der Waals surface area contributed by atoms with Crippen LogP contribution in [0, 0.1) is 6.92 Å². The number of carbonyl (C=O) groups is 1. The zero-order valence-electron chi connectivity index (χ0n) is 10.4. The third-order valence-corrected chi connectivity index (χ3v) is 2.49. The van der Waals surface area contributed by atoms with Crippen molar-refractivity contribution >= 4 is 6.09 Å². The molecule has 94 valence electrons. The second kappa shape index (κ2) is 5.35. The summed E-state index contributed by atoms with van der Waals surface area (Å²) in [6, 6.07) is 8.95.